The average molecular weight is 283 g/mol. The van der Waals surface area contributed by atoms with Crippen molar-refractivity contribution in [3.63, 3.8) is 0 Å². The van der Waals surface area contributed by atoms with Gasteiger partial charge in [0, 0.05) is 11.7 Å². The minimum atomic E-state index is -0.296. The van der Waals surface area contributed by atoms with Crippen molar-refractivity contribution in [3.8, 4) is 0 Å². The zero-order valence-corrected chi connectivity index (χ0v) is 11.3. The van der Waals surface area contributed by atoms with Crippen LogP contribution in [0.15, 0.2) is 30.7 Å². The van der Waals surface area contributed by atoms with E-state index < -0.39 is 0 Å². The van der Waals surface area contributed by atoms with Gasteiger partial charge in [0.2, 0.25) is 0 Å². The van der Waals surface area contributed by atoms with E-state index >= 15 is 0 Å². The molecular formula is C15H14FN5. The quantitative estimate of drug-likeness (QED) is 0.758. The molecule has 0 spiro atoms. The minimum Gasteiger partial charge on any atom is -0.366 e. The molecule has 0 aliphatic heterocycles. The summed E-state index contributed by atoms with van der Waals surface area (Å²) >= 11 is 0. The van der Waals surface area contributed by atoms with Crippen molar-refractivity contribution in [2.75, 3.05) is 5.32 Å². The van der Waals surface area contributed by atoms with E-state index in [9.17, 15) is 4.39 Å². The molecule has 0 radical (unpaired) electrons. The van der Waals surface area contributed by atoms with Crippen LogP contribution in [0.2, 0.25) is 0 Å². The Bertz CT molecular complexity index is 792. The molecule has 0 amide bonds. The lowest BCUT2D eigenvalue weighted by atomic mass is 9.93. The predicted molar refractivity (Wildman–Crippen MR) is 77.5 cm³/mol. The Morgan fingerprint density at radius 1 is 1.29 bits per heavy atom. The maximum absolute atomic E-state index is 14.1. The molecule has 1 aliphatic carbocycles. The van der Waals surface area contributed by atoms with Crippen LogP contribution in [0, 0.1) is 5.82 Å². The third-order valence-electron chi connectivity index (χ3n) is 3.97. The molecule has 1 atom stereocenters. The smallest absolute Gasteiger partial charge is 0.140 e. The number of aromatic amines is 1. The number of hydrogen-bond acceptors (Lipinski definition) is 4. The van der Waals surface area contributed by atoms with Gasteiger partial charge in [-0.2, -0.15) is 5.10 Å². The van der Waals surface area contributed by atoms with Gasteiger partial charge in [-0.05, 0) is 37.0 Å². The maximum Gasteiger partial charge on any atom is 0.140 e. The van der Waals surface area contributed by atoms with Gasteiger partial charge in [-0.3, -0.25) is 5.10 Å². The molecule has 0 bridgehead atoms. The van der Waals surface area contributed by atoms with E-state index in [0.29, 0.717) is 16.7 Å². The third-order valence-corrected chi connectivity index (χ3v) is 3.97. The van der Waals surface area contributed by atoms with E-state index in [2.05, 4.69) is 25.5 Å². The summed E-state index contributed by atoms with van der Waals surface area (Å²) in [6.07, 6.45) is 6.11. The number of hydrogen-bond donors (Lipinski definition) is 2. The van der Waals surface area contributed by atoms with Crippen LogP contribution >= 0.6 is 0 Å². The Morgan fingerprint density at radius 2 is 2.24 bits per heavy atom. The summed E-state index contributed by atoms with van der Waals surface area (Å²) < 4.78 is 14.1. The largest absolute Gasteiger partial charge is 0.366 e. The molecule has 21 heavy (non-hydrogen) atoms. The number of nitrogens with one attached hydrogen (secondary N) is 2. The summed E-state index contributed by atoms with van der Waals surface area (Å²) in [6, 6.07) is 5.12. The molecule has 3 aromatic rings. The topological polar surface area (TPSA) is 66.5 Å². The van der Waals surface area contributed by atoms with Gasteiger partial charge in [-0.25, -0.2) is 14.4 Å². The van der Waals surface area contributed by atoms with Crippen LogP contribution in [0.25, 0.3) is 10.9 Å². The van der Waals surface area contributed by atoms with Gasteiger partial charge in [0.25, 0.3) is 0 Å². The van der Waals surface area contributed by atoms with E-state index in [1.54, 1.807) is 12.1 Å². The van der Waals surface area contributed by atoms with Crippen LogP contribution in [-0.4, -0.2) is 26.2 Å². The molecule has 2 heterocycles. The molecular weight excluding hydrogens is 269 g/mol. The third kappa shape index (κ3) is 2.12. The number of nitrogens with zero attached hydrogens (tertiary/aromatic N) is 3. The van der Waals surface area contributed by atoms with E-state index in [1.165, 1.54) is 23.7 Å². The normalized spacial score (nSPS) is 17.7. The predicted octanol–water partition coefficient (Wildman–Crippen LogP) is 2.46. The number of anilines is 1. The Hall–Kier alpha value is -2.50. The van der Waals surface area contributed by atoms with E-state index in [4.69, 9.17) is 0 Å². The number of benzene rings is 1. The monoisotopic (exact) mass is 283 g/mol. The van der Waals surface area contributed by atoms with Crippen LogP contribution in [0.4, 0.5) is 10.2 Å². The van der Waals surface area contributed by atoms with Crippen molar-refractivity contribution in [3.05, 3.63) is 47.8 Å². The number of fused-ring (bicyclic) bond motifs is 2. The number of rotatable bonds is 2. The SMILES string of the molecule is Fc1cccc2ncnc(N[C@@H]3CCc4[nH]ncc4C3)c12. The molecule has 1 aromatic carbocycles. The summed E-state index contributed by atoms with van der Waals surface area (Å²) in [4.78, 5) is 8.34. The maximum atomic E-state index is 14.1. The van der Waals surface area contributed by atoms with Crippen LogP contribution in [0.5, 0.6) is 0 Å². The van der Waals surface area contributed by atoms with Gasteiger partial charge in [-0.1, -0.05) is 6.07 Å². The average Bonchev–Trinajstić information content (AvgIpc) is 2.95. The lowest BCUT2D eigenvalue weighted by Crippen LogP contribution is -2.27. The van der Waals surface area contributed by atoms with E-state index in [0.717, 1.165) is 19.3 Å². The molecule has 5 nitrogen and oxygen atoms in total. The first-order valence-corrected chi connectivity index (χ1v) is 6.98. The summed E-state index contributed by atoms with van der Waals surface area (Å²) in [5.74, 6) is 0.269. The molecule has 0 fully saturated rings. The fourth-order valence-electron chi connectivity index (χ4n) is 2.91. The van der Waals surface area contributed by atoms with E-state index in [1.807, 2.05) is 6.20 Å². The highest BCUT2D eigenvalue weighted by Gasteiger charge is 2.21. The Balaban J connectivity index is 1.66. The van der Waals surface area contributed by atoms with E-state index in [-0.39, 0.29) is 11.9 Å². The summed E-state index contributed by atoms with van der Waals surface area (Å²) in [6.45, 7) is 0. The molecule has 0 saturated carbocycles. The molecule has 2 aromatic heterocycles. The molecule has 0 saturated heterocycles. The molecule has 0 unspecified atom stereocenters. The Morgan fingerprint density at radius 3 is 3.19 bits per heavy atom. The first-order valence-electron chi connectivity index (χ1n) is 6.98. The van der Waals surface area contributed by atoms with Crippen molar-refractivity contribution in [1.82, 2.24) is 20.2 Å². The zero-order chi connectivity index (χ0) is 14.2. The first kappa shape index (κ1) is 12.3. The summed E-state index contributed by atoms with van der Waals surface area (Å²) in [5, 5.41) is 10.9. The van der Waals surface area contributed by atoms with Gasteiger partial charge in [0.15, 0.2) is 0 Å². The number of H-pyrrole nitrogens is 1. The highest BCUT2D eigenvalue weighted by atomic mass is 19.1. The van der Waals surface area contributed by atoms with Crippen LogP contribution in [0.1, 0.15) is 17.7 Å². The molecule has 6 heteroatoms. The highest BCUT2D eigenvalue weighted by molar-refractivity contribution is 5.89. The summed E-state index contributed by atoms with van der Waals surface area (Å²) in [5.41, 5.74) is 3.04. The van der Waals surface area contributed by atoms with Crippen LogP contribution in [0.3, 0.4) is 0 Å². The van der Waals surface area contributed by atoms with Gasteiger partial charge < -0.3 is 5.32 Å². The van der Waals surface area contributed by atoms with Gasteiger partial charge in [0.1, 0.15) is 18.0 Å². The highest BCUT2D eigenvalue weighted by Crippen LogP contribution is 2.26. The first-order chi connectivity index (χ1) is 10.3. The van der Waals surface area contributed by atoms with Crippen LogP contribution < -0.4 is 5.32 Å². The van der Waals surface area contributed by atoms with Crippen molar-refractivity contribution in [1.29, 1.82) is 0 Å². The Labute approximate surface area is 120 Å². The molecule has 106 valence electrons. The number of halogens is 1. The second-order valence-electron chi connectivity index (χ2n) is 5.31. The fourth-order valence-corrected chi connectivity index (χ4v) is 2.91. The second-order valence-corrected chi connectivity index (χ2v) is 5.31. The van der Waals surface area contributed by atoms with Gasteiger partial charge >= 0.3 is 0 Å². The summed E-state index contributed by atoms with van der Waals surface area (Å²) in [7, 11) is 0. The Kier molecular flexibility index (Phi) is 2.80. The molecule has 2 N–H and O–H groups in total. The lowest BCUT2D eigenvalue weighted by Gasteiger charge is -2.23. The van der Waals surface area contributed by atoms with Crippen molar-refractivity contribution in [2.45, 2.75) is 25.3 Å². The molecule has 4 rings (SSSR count). The lowest BCUT2D eigenvalue weighted by molar-refractivity contribution is 0.601. The number of aromatic nitrogens is 4. The van der Waals surface area contributed by atoms with Crippen LogP contribution in [-0.2, 0) is 12.8 Å². The standard InChI is InChI=1S/C15H14FN5/c16-11-2-1-3-13-14(11)15(18-8-17-13)20-10-4-5-12-9(6-10)7-19-21-12/h1-3,7-8,10H,4-6H2,(H,19,21)(H,17,18,20)/t10-/m1/s1. The van der Waals surface area contributed by atoms with Crippen molar-refractivity contribution >= 4 is 16.7 Å². The fraction of sp³-hybridized carbons (Fsp3) is 0.267. The zero-order valence-electron chi connectivity index (χ0n) is 11.3. The molecule has 1 aliphatic rings. The minimum absolute atomic E-state index is 0.229. The number of aryl methyl sites for hydroxylation is 1. The van der Waals surface area contributed by atoms with Crippen molar-refractivity contribution < 1.29 is 4.39 Å². The van der Waals surface area contributed by atoms with Gasteiger partial charge in [0.05, 0.1) is 17.1 Å². The van der Waals surface area contributed by atoms with Gasteiger partial charge in [-0.15, -0.1) is 0 Å². The second kappa shape index (κ2) is 4.80. The van der Waals surface area contributed by atoms with Crippen molar-refractivity contribution in [2.24, 2.45) is 0 Å².